The molecule has 1 aromatic rings. The molecule has 8 heteroatoms. The number of amides is 1. The number of hydrogen-bond donors (Lipinski definition) is 1. The molecule has 0 aromatic carbocycles. The van der Waals surface area contributed by atoms with E-state index in [1.807, 2.05) is 15.5 Å². The zero-order chi connectivity index (χ0) is 17.5. The molecule has 132 valence electrons. The number of alkyl halides is 3. The summed E-state index contributed by atoms with van der Waals surface area (Å²) < 4.78 is 0.234. The van der Waals surface area contributed by atoms with Gasteiger partial charge in [0, 0.05) is 43.7 Å². The Morgan fingerprint density at radius 1 is 1.33 bits per heavy atom. The lowest BCUT2D eigenvalue weighted by Gasteiger charge is -2.47. The Hall–Kier alpha value is -0.750. The minimum absolute atomic E-state index is 0.0351. The number of likely N-dealkylation sites (tertiary alicyclic amines) is 1. The molecule has 2 aliphatic heterocycles. The maximum atomic E-state index is 12.1. The summed E-state index contributed by atoms with van der Waals surface area (Å²) in [5.74, 6) is 0.336. The molecule has 3 atom stereocenters. The number of rotatable bonds is 3. The Morgan fingerprint density at radius 2 is 2.08 bits per heavy atom. The van der Waals surface area contributed by atoms with E-state index in [0.29, 0.717) is 32.0 Å². The van der Waals surface area contributed by atoms with Crippen molar-refractivity contribution in [3.63, 3.8) is 0 Å². The Labute approximate surface area is 155 Å². The second-order valence-corrected chi connectivity index (χ2v) is 8.89. The molecule has 3 heterocycles. The van der Waals surface area contributed by atoms with Gasteiger partial charge in [-0.25, -0.2) is 0 Å². The highest BCUT2D eigenvalue weighted by molar-refractivity contribution is 6.68. The molecule has 0 radical (unpaired) electrons. The van der Waals surface area contributed by atoms with E-state index in [2.05, 4.69) is 5.32 Å². The van der Waals surface area contributed by atoms with Gasteiger partial charge in [-0.15, -0.1) is 0 Å². The number of nitrogens with one attached hydrogen (secondary N) is 1. The number of halogens is 3. The lowest BCUT2D eigenvalue weighted by atomic mass is 9.83. The normalized spacial score (nSPS) is 25.0. The van der Waals surface area contributed by atoms with Gasteiger partial charge in [-0.1, -0.05) is 47.8 Å². The molecule has 1 saturated heterocycles. The highest BCUT2D eigenvalue weighted by atomic mass is 35.6. The highest BCUT2D eigenvalue weighted by Crippen LogP contribution is 2.39. The molecule has 3 rings (SSSR count). The molecule has 1 fully saturated rings. The van der Waals surface area contributed by atoms with Crippen molar-refractivity contribution in [2.45, 2.75) is 42.2 Å². The topological polar surface area (TPSA) is 54.3 Å². The van der Waals surface area contributed by atoms with Crippen LogP contribution in [-0.2, 0) is 11.3 Å². The van der Waals surface area contributed by atoms with Crippen LogP contribution in [0.1, 0.15) is 31.4 Å². The first-order valence-electron chi connectivity index (χ1n) is 8.09. The first-order valence-corrected chi connectivity index (χ1v) is 9.23. The molecular weight excluding hydrogens is 373 g/mol. The summed E-state index contributed by atoms with van der Waals surface area (Å²) in [5.41, 5.74) is 1.06. The molecular formula is C16H20Cl3N3O2. The van der Waals surface area contributed by atoms with Gasteiger partial charge in [-0.05, 0) is 18.4 Å². The Kier molecular flexibility index (Phi) is 5.17. The maximum Gasteiger partial charge on any atom is 0.250 e. The van der Waals surface area contributed by atoms with Crippen molar-refractivity contribution >= 4 is 40.7 Å². The molecule has 0 aliphatic carbocycles. The predicted molar refractivity (Wildman–Crippen MR) is 95.6 cm³/mol. The van der Waals surface area contributed by atoms with E-state index in [1.165, 1.54) is 0 Å². The maximum absolute atomic E-state index is 12.1. The van der Waals surface area contributed by atoms with Crippen LogP contribution in [0.15, 0.2) is 23.0 Å². The number of hydrogen-bond acceptors (Lipinski definition) is 3. The van der Waals surface area contributed by atoms with Gasteiger partial charge in [0.15, 0.2) is 0 Å². The molecule has 0 spiro atoms. The van der Waals surface area contributed by atoms with E-state index in [-0.39, 0.29) is 17.4 Å². The summed E-state index contributed by atoms with van der Waals surface area (Å²) in [5, 5.41) is 2.82. The van der Waals surface area contributed by atoms with E-state index < -0.39 is 9.96 Å². The van der Waals surface area contributed by atoms with Crippen molar-refractivity contribution in [2.75, 3.05) is 13.1 Å². The molecule has 5 nitrogen and oxygen atoms in total. The van der Waals surface area contributed by atoms with Crippen LogP contribution in [0.25, 0.3) is 0 Å². The second kappa shape index (κ2) is 6.87. The van der Waals surface area contributed by atoms with Crippen molar-refractivity contribution in [1.82, 2.24) is 14.8 Å². The molecule has 2 bridgehead atoms. The fraction of sp³-hybridized carbons (Fsp3) is 0.625. The number of carbonyl (C=O) groups excluding carboxylic acids is 1. The average molecular weight is 393 g/mol. The number of pyridine rings is 1. The van der Waals surface area contributed by atoms with Crippen LogP contribution in [-0.4, -0.2) is 38.4 Å². The van der Waals surface area contributed by atoms with Crippen LogP contribution in [0.5, 0.6) is 0 Å². The van der Waals surface area contributed by atoms with Gasteiger partial charge in [-0.2, -0.15) is 0 Å². The number of piperidine rings is 1. The van der Waals surface area contributed by atoms with Crippen molar-refractivity contribution in [1.29, 1.82) is 0 Å². The standard InChI is InChI=1S/C16H20Cl3N3O2/c1-2-13(23)20-15(16(17,18)19)21-7-10-6-11(9-21)12-4-3-5-14(24)22(12)8-10/h3-5,10-11,15H,2,6-9H2,1H3,(H,20,23)/t10-,11-,15?/m0/s1. The van der Waals surface area contributed by atoms with Crippen LogP contribution in [0.4, 0.5) is 0 Å². The second-order valence-electron chi connectivity index (χ2n) is 6.52. The van der Waals surface area contributed by atoms with Crippen LogP contribution in [0.3, 0.4) is 0 Å². The van der Waals surface area contributed by atoms with E-state index in [9.17, 15) is 9.59 Å². The minimum Gasteiger partial charge on any atom is -0.337 e. The van der Waals surface area contributed by atoms with Crippen LogP contribution in [0.2, 0.25) is 0 Å². The van der Waals surface area contributed by atoms with Crippen molar-refractivity contribution < 1.29 is 4.79 Å². The predicted octanol–water partition coefficient (Wildman–Crippen LogP) is 2.49. The third-order valence-electron chi connectivity index (χ3n) is 4.80. The lowest BCUT2D eigenvalue weighted by molar-refractivity contribution is -0.123. The van der Waals surface area contributed by atoms with E-state index in [4.69, 9.17) is 34.8 Å². The van der Waals surface area contributed by atoms with Gasteiger partial charge in [-0.3, -0.25) is 14.5 Å². The van der Waals surface area contributed by atoms with Gasteiger partial charge < -0.3 is 9.88 Å². The molecule has 1 amide bonds. The molecule has 2 aliphatic rings. The molecule has 1 unspecified atom stereocenters. The molecule has 0 saturated carbocycles. The van der Waals surface area contributed by atoms with Crippen molar-refractivity contribution in [3.8, 4) is 0 Å². The van der Waals surface area contributed by atoms with E-state index in [0.717, 1.165) is 12.1 Å². The van der Waals surface area contributed by atoms with Gasteiger partial charge in [0.2, 0.25) is 9.70 Å². The summed E-state index contributed by atoms with van der Waals surface area (Å²) in [7, 11) is 0. The number of aromatic nitrogens is 1. The van der Waals surface area contributed by atoms with E-state index in [1.54, 1.807) is 19.1 Å². The molecule has 24 heavy (non-hydrogen) atoms. The fourth-order valence-electron chi connectivity index (χ4n) is 3.78. The SMILES string of the molecule is CCC(=O)NC(N1C[C@@H]2C[C@@H](C1)c1cccc(=O)n1C2)C(Cl)(Cl)Cl. The first-order chi connectivity index (χ1) is 11.3. The largest absolute Gasteiger partial charge is 0.337 e. The van der Waals surface area contributed by atoms with Gasteiger partial charge in [0.05, 0.1) is 0 Å². The number of carbonyl (C=O) groups is 1. The third kappa shape index (κ3) is 3.59. The van der Waals surface area contributed by atoms with Crippen LogP contribution in [0, 0.1) is 5.92 Å². The summed E-state index contributed by atoms with van der Waals surface area (Å²) in [4.78, 5) is 26.0. The smallest absolute Gasteiger partial charge is 0.250 e. The van der Waals surface area contributed by atoms with Gasteiger partial charge in [0.1, 0.15) is 6.17 Å². The summed E-state index contributed by atoms with van der Waals surface area (Å²) >= 11 is 18.4. The first kappa shape index (κ1) is 18.1. The zero-order valence-corrected chi connectivity index (χ0v) is 15.6. The Bertz CT molecular complexity index is 686. The summed E-state index contributed by atoms with van der Waals surface area (Å²) in [6, 6.07) is 5.37. The minimum atomic E-state index is -1.62. The zero-order valence-electron chi connectivity index (χ0n) is 13.3. The van der Waals surface area contributed by atoms with Crippen LogP contribution >= 0.6 is 34.8 Å². The summed E-state index contributed by atoms with van der Waals surface area (Å²) in [6.45, 7) is 3.75. The average Bonchev–Trinajstić information content (AvgIpc) is 2.52. The lowest BCUT2D eigenvalue weighted by Crippen LogP contribution is -2.60. The fourth-order valence-corrected chi connectivity index (χ4v) is 4.36. The highest BCUT2D eigenvalue weighted by Gasteiger charge is 2.43. The number of fused-ring (bicyclic) bond motifs is 4. The van der Waals surface area contributed by atoms with Gasteiger partial charge >= 0.3 is 0 Å². The van der Waals surface area contributed by atoms with Gasteiger partial charge in [0.25, 0.3) is 5.56 Å². The van der Waals surface area contributed by atoms with E-state index >= 15 is 0 Å². The Balaban J connectivity index is 1.87. The monoisotopic (exact) mass is 391 g/mol. The summed E-state index contributed by atoms with van der Waals surface area (Å²) in [6.07, 6.45) is 0.659. The Morgan fingerprint density at radius 3 is 2.75 bits per heavy atom. The van der Waals surface area contributed by atoms with Crippen LogP contribution < -0.4 is 10.9 Å². The third-order valence-corrected chi connectivity index (χ3v) is 5.42. The van der Waals surface area contributed by atoms with Crippen molar-refractivity contribution in [2.24, 2.45) is 5.92 Å². The molecule has 1 N–H and O–H groups in total. The number of nitrogens with zero attached hydrogens (tertiary/aromatic N) is 2. The van der Waals surface area contributed by atoms with Crippen molar-refractivity contribution in [3.05, 3.63) is 34.2 Å². The quantitative estimate of drug-likeness (QED) is 0.804. The molecule has 1 aromatic heterocycles.